The summed E-state index contributed by atoms with van der Waals surface area (Å²) in [7, 11) is 1.67. The van der Waals surface area contributed by atoms with Crippen LogP contribution in [-0.2, 0) is 9.59 Å². The van der Waals surface area contributed by atoms with Crippen molar-refractivity contribution in [3.8, 4) is 0 Å². The van der Waals surface area contributed by atoms with Crippen molar-refractivity contribution >= 4 is 17.8 Å². The monoisotopic (exact) mass is 335 g/mol. The smallest absolute Gasteiger partial charge is 0.325 e. The summed E-state index contributed by atoms with van der Waals surface area (Å²) in [5.74, 6) is -0.676. The minimum Gasteiger partial charge on any atom is -0.340 e. The number of piperazine rings is 1. The molecular formula is C16H25N5O3. The van der Waals surface area contributed by atoms with Crippen LogP contribution >= 0.6 is 0 Å². The lowest BCUT2D eigenvalue weighted by Crippen LogP contribution is -2.67. The molecule has 1 saturated carbocycles. The second-order valence-corrected chi connectivity index (χ2v) is 7.39. The Bertz CT molecular complexity index is 556. The van der Waals surface area contributed by atoms with Gasteiger partial charge in [0.25, 0.3) is 0 Å². The molecule has 0 aromatic heterocycles. The van der Waals surface area contributed by atoms with Crippen LogP contribution in [0.5, 0.6) is 0 Å². The van der Waals surface area contributed by atoms with Crippen LogP contribution in [-0.4, -0.2) is 84.5 Å². The Morgan fingerprint density at radius 3 is 2.50 bits per heavy atom. The van der Waals surface area contributed by atoms with Gasteiger partial charge in [0.1, 0.15) is 0 Å². The number of piperidine rings is 1. The van der Waals surface area contributed by atoms with Gasteiger partial charge in [-0.15, -0.1) is 0 Å². The minimum atomic E-state index is -0.380. The van der Waals surface area contributed by atoms with Gasteiger partial charge in [0.15, 0.2) is 0 Å². The van der Waals surface area contributed by atoms with Crippen LogP contribution in [0.2, 0.25) is 0 Å². The number of carbonyl (C=O) groups is 3. The van der Waals surface area contributed by atoms with Gasteiger partial charge in [-0.1, -0.05) is 0 Å². The summed E-state index contributed by atoms with van der Waals surface area (Å²) in [6, 6.07) is 0.369. The number of nitrogens with one attached hydrogen (secondary N) is 2. The average molecular weight is 335 g/mol. The molecule has 4 aliphatic rings. The molecule has 0 bridgehead atoms. The number of hydrogen-bond acceptors (Lipinski definition) is 5. The third-order valence-electron chi connectivity index (χ3n) is 5.84. The van der Waals surface area contributed by atoms with Gasteiger partial charge in [-0.05, 0) is 19.3 Å². The molecule has 2 N–H and O–H groups in total. The Morgan fingerprint density at radius 1 is 1.12 bits per heavy atom. The first-order chi connectivity index (χ1) is 11.5. The first-order valence-electron chi connectivity index (χ1n) is 8.88. The Kier molecular flexibility index (Phi) is 3.96. The van der Waals surface area contributed by atoms with Crippen molar-refractivity contribution in [2.75, 3.05) is 39.8 Å². The predicted molar refractivity (Wildman–Crippen MR) is 85.9 cm³/mol. The van der Waals surface area contributed by atoms with E-state index in [9.17, 15) is 14.4 Å². The van der Waals surface area contributed by atoms with Crippen molar-refractivity contribution in [2.45, 2.75) is 31.5 Å². The molecule has 0 aromatic rings. The van der Waals surface area contributed by atoms with E-state index < -0.39 is 0 Å². The molecule has 4 amide bonds. The summed E-state index contributed by atoms with van der Waals surface area (Å²) in [6.45, 7) is 4.00. The van der Waals surface area contributed by atoms with Crippen molar-refractivity contribution in [1.29, 1.82) is 0 Å². The highest BCUT2D eigenvalue weighted by Gasteiger charge is 2.45. The molecule has 24 heavy (non-hydrogen) atoms. The van der Waals surface area contributed by atoms with Crippen LogP contribution in [0.3, 0.4) is 0 Å². The molecule has 132 valence electrons. The number of carbonyl (C=O) groups excluding carboxylic acids is 3. The zero-order chi connectivity index (χ0) is 16.8. The predicted octanol–water partition coefficient (Wildman–Crippen LogP) is -0.974. The van der Waals surface area contributed by atoms with E-state index in [0.717, 1.165) is 32.2 Å². The molecule has 3 saturated heterocycles. The van der Waals surface area contributed by atoms with Crippen LogP contribution in [0.4, 0.5) is 4.79 Å². The van der Waals surface area contributed by atoms with E-state index in [1.807, 2.05) is 4.90 Å². The Hall–Kier alpha value is -1.67. The van der Waals surface area contributed by atoms with Gasteiger partial charge in [-0.2, -0.15) is 0 Å². The van der Waals surface area contributed by atoms with E-state index >= 15 is 0 Å². The average Bonchev–Trinajstić information content (AvgIpc) is 3.44. The van der Waals surface area contributed by atoms with Crippen LogP contribution in [0.1, 0.15) is 19.3 Å². The van der Waals surface area contributed by atoms with Crippen molar-refractivity contribution < 1.29 is 14.4 Å². The topological polar surface area (TPSA) is 85.0 Å². The summed E-state index contributed by atoms with van der Waals surface area (Å²) >= 11 is 0. The first kappa shape index (κ1) is 15.8. The summed E-state index contributed by atoms with van der Waals surface area (Å²) < 4.78 is 0. The number of fused-ring (bicyclic) bond motifs is 1. The highest BCUT2D eigenvalue weighted by Crippen LogP contribution is 2.29. The summed E-state index contributed by atoms with van der Waals surface area (Å²) in [5.41, 5.74) is 0. The lowest BCUT2D eigenvalue weighted by Gasteiger charge is -2.44. The number of rotatable bonds is 2. The lowest BCUT2D eigenvalue weighted by atomic mass is 9.85. The standard InChI is InChI=1S/C16H25N5O3/c1-19-13-12(14(22)18-16(19)24)8-10(9-17-13)15(23)21-6-4-20(5-7-21)11-2-3-11/h10-13,17H,2-9H2,1H3,(H,18,22,24). The van der Waals surface area contributed by atoms with Gasteiger partial charge in [0, 0.05) is 45.8 Å². The van der Waals surface area contributed by atoms with Crippen molar-refractivity contribution in [3.05, 3.63) is 0 Å². The van der Waals surface area contributed by atoms with Crippen molar-refractivity contribution in [3.63, 3.8) is 0 Å². The summed E-state index contributed by atoms with van der Waals surface area (Å²) in [5, 5.41) is 5.59. The van der Waals surface area contributed by atoms with Crippen LogP contribution in [0.25, 0.3) is 0 Å². The zero-order valence-corrected chi connectivity index (χ0v) is 14.0. The Labute approximate surface area is 141 Å². The zero-order valence-electron chi connectivity index (χ0n) is 14.0. The van der Waals surface area contributed by atoms with Crippen molar-refractivity contribution in [1.82, 2.24) is 25.3 Å². The van der Waals surface area contributed by atoms with Gasteiger partial charge in [-0.3, -0.25) is 25.1 Å². The van der Waals surface area contributed by atoms with E-state index in [1.54, 1.807) is 7.05 Å². The maximum Gasteiger partial charge on any atom is 0.325 e. The third kappa shape index (κ3) is 2.77. The van der Waals surface area contributed by atoms with Gasteiger partial charge in [0.2, 0.25) is 11.8 Å². The largest absolute Gasteiger partial charge is 0.340 e. The maximum absolute atomic E-state index is 12.8. The molecule has 0 aromatic carbocycles. The minimum absolute atomic E-state index is 0.142. The molecule has 8 heteroatoms. The molecule has 3 atom stereocenters. The van der Waals surface area contributed by atoms with Gasteiger partial charge < -0.3 is 9.80 Å². The van der Waals surface area contributed by atoms with Gasteiger partial charge >= 0.3 is 6.03 Å². The van der Waals surface area contributed by atoms with E-state index in [4.69, 9.17) is 0 Å². The quantitative estimate of drug-likeness (QED) is 0.678. The molecule has 3 heterocycles. The molecule has 3 unspecified atom stereocenters. The fraction of sp³-hybridized carbons (Fsp3) is 0.812. The molecule has 1 aliphatic carbocycles. The lowest BCUT2D eigenvalue weighted by molar-refractivity contribution is -0.141. The maximum atomic E-state index is 12.8. The van der Waals surface area contributed by atoms with E-state index in [-0.39, 0.29) is 35.8 Å². The van der Waals surface area contributed by atoms with E-state index in [0.29, 0.717) is 13.0 Å². The fourth-order valence-corrected chi connectivity index (χ4v) is 4.19. The van der Waals surface area contributed by atoms with E-state index in [1.165, 1.54) is 17.7 Å². The highest BCUT2D eigenvalue weighted by atomic mass is 16.2. The number of hydrogen-bond donors (Lipinski definition) is 2. The molecule has 8 nitrogen and oxygen atoms in total. The molecular weight excluding hydrogens is 310 g/mol. The first-order valence-corrected chi connectivity index (χ1v) is 8.88. The number of amides is 4. The molecule has 4 fully saturated rings. The van der Waals surface area contributed by atoms with Crippen LogP contribution < -0.4 is 10.6 Å². The van der Waals surface area contributed by atoms with Crippen LogP contribution in [0, 0.1) is 11.8 Å². The van der Waals surface area contributed by atoms with Crippen molar-refractivity contribution in [2.24, 2.45) is 11.8 Å². The number of urea groups is 1. The second-order valence-electron chi connectivity index (χ2n) is 7.39. The Balaban J connectivity index is 1.36. The normalized spacial score (nSPS) is 34.8. The molecule has 0 spiro atoms. The Morgan fingerprint density at radius 2 is 1.83 bits per heavy atom. The highest BCUT2D eigenvalue weighted by molar-refractivity contribution is 5.98. The molecule has 0 radical (unpaired) electrons. The second kappa shape index (κ2) is 6.00. The SMILES string of the molecule is CN1C(=O)NC(=O)C2CC(C(=O)N3CCN(C4CC4)CC3)CNC21. The van der Waals surface area contributed by atoms with Gasteiger partial charge in [0.05, 0.1) is 18.0 Å². The third-order valence-corrected chi connectivity index (χ3v) is 5.84. The summed E-state index contributed by atoms with van der Waals surface area (Å²) in [4.78, 5) is 42.6. The fourth-order valence-electron chi connectivity index (χ4n) is 4.19. The number of imide groups is 1. The molecule has 3 aliphatic heterocycles. The summed E-state index contributed by atoms with van der Waals surface area (Å²) in [6.07, 6.45) is 2.79. The number of nitrogens with zero attached hydrogens (tertiary/aromatic N) is 3. The van der Waals surface area contributed by atoms with Gasteiger partial charge in [-0.25, -0.2) is 4.79 Å². The van der Waals surface area contributed by atoms with E-state index in [2.05, 4.69) is 15.5 Å². The molecule has 4 rings (SSSR count). The van der Waals surface area contributed by atoms with Crippen LogP contribution in [0.15, 0.2) is 0 Å².